The third-order valence-corrected chi connectivity index (χ3v) is 9.33. The van der Waals surface area contributed by atoms with E-state index in [9.17, 15) is 29.4 Å². The average Bonchev–Trinajstić information content (AvgIpc) is 3.18. The van der Waals surface area contributed by atoms with Crippen LogP contribution in [0.15, 0.2) is 64.4 Å². The first kappa shape index (κ1) is 36.6. The van der Waals surface area contributed by atoms with Crippen LogP contribution in [-0.4, -0.2) is 100 Å². The first-order chi connectivity index (χ1) is 25.0. The number of morpholine rings is 2. The van der Waals surface area contributed by atoms with Crippen LogP contribution >= 0.6 is 23.2 Å². The number of carbonyl (C=O) groups is 2. The maximum Gasteiger partial charge on any atom is 0.360 e. The molecule has 0 aliphatic carbocycles. The summed E-state index contributed by atoms with van der Waals surface area (Å²) in [7, 11) is 1.16. The van der Waals surface area contributed by atoms with Crippen LogP contribution in [0.25, 0.3) is 11.3 Å². The summed E-state index contributed by atoms with van der Waals surface area (Å²) in [5.41, 5.74) is 1.05. The number of esters is 1. The summed E-state index contributed by atoms with van der Waals surface area (Å²) in [5, 5.41) is 21.1. The van der Waals surface area contributed by atoms with E-state index in [0.29, 0.717) is 61.6 Å². The number of hydrogen-bond acceptors (Lipinski definition) is 13. The Kier molecular flexibility index (Phi) is 11.2. The van der Waals surface area contributed by atoms with E-state index in [1.807, 2.05) is 12.1 Å². The van der Waals surface area contributed by atoms with E-state index < -0.39 is 34.4 Å². The fourth-order valence-corrected chi connectivity index (χ4v) is 6.08. The standard InChI is InChI=1S/C21H19Cl2N3O4.C14H15N3O5/c22-15-4-1-13(11-16(15)23)2-5-17(27)19-20(28)21(29)26-12-14(3-6-18(26)24-19)25-7-9-30-10-8-25;1-21-14(20)11-12(18)13(19)17-8-9(2-3-10(17)15-11)16-4-6-22-7-5-16/h1,3-4,6,11-12,28H,2,5,7-10H2;2-3,8,18H,4-7H2,1H3. The van der Waals surface area contributed by atoms with Gasteiger partial charge in [-0.25, -0.2) is 14.8 Å². The number of ketones is 1. The third-order valence-electron chi connectivity index (χ3n) is 8.59. The molecule has 2 saturated heterocycles. The summed E-state index contributed by atoms with van der Waals surface area (Å²) in [6.07, 6.45) is 3.67. The zero-order valence-corrected chi connectivity index (χ0v) is 29.5. The highest BCUT2D eigenvalue weighted by molar-refractivity contribution is 6.42. The second-order valence-electron chi connectivity index (χ2n) is 11.8. The number of halogens is 2. The van der Waals surface area contributed by atoms with Gasteiger partial charge in [0.15, 0.2) is 17.2 Å². The first-order valence-electron chi connectivity index (χ1n) is 16.3. The van der Waals surface area contributed by atoms with Crippen molar-refractivity contribution in [2.45, 2.75) is 12.8 Å². The molecule has 1 aromatic carbocycles. The highest BCUT2D eigenvalue weighted by Crippen LogP contribution is 2.24. The molecule has 0 spiro atoms. The van der Waals surface area contributed by atoms with Crippen LogP contribution in [0.5, 0.6) is 11.5 Å². The fraction of sp³-hybridized carbons (Fsp3) is 0.314. The lowest BCUT2D eigenvalue weighted by atomic mass is 10.1. The Morgan fingerprint density at radius 3 is 1.75 bits per heavy atom. The van der Waals surface area contributed by atoms with Crippen LogP contribution in [-0.2, 0) is 20.6 Å². The highest BCUT2D eigenvalue weighted by Gasteiger charge is 2.22. The molecule has 0 radical (unpaired) electrons. The highest BCUT2D eigenvalue weighted by atomic mass is 35.5. The number of methoxy groups -OCH3 is 1. The molecule has 15 nitrogen and oxygen atoms in total. The number of benzene rings is 1. The van der Waals surface area contributed by atoms with Crippen LogP contribution in [0.4, 0.5) is 11.4 Å². The van der Waals surface area contributed by atoms with Gasteiger partial charge in [0.2, 0.25) is 11.5 Å². The van der Waals surface area contributed by atoms with Gasteiger partial charge in [-0.3, -0.25) is 23.2 Å². The lowest BCUT2D eigenvalue weighted by Crippen LogP contribution is -2.36. The molecular formula is C35H34Cl2N6O9. The maximum atomic E-state index is 12.7. The van der Waals surface area contributed by atoms with E-state index in [1.165, 1.54) is 8.80 Å². The number of Topliss-reactive ketones (excluding diaryl/α,β-unsaturated/α-hetero) is 1. The molecule has 17 heteroatoms. The normalized spacial score (nSPS) is 14.6. The van der Waals surface area contributed by atoms with Crippen molar-refractivity contribution in [3.63, 3.8) is 0 Å². The number of pyridine rings is 2. The third kappa shape index (κ3) is 7.82. The Labute approximate surface area is 306 Å². The number of aromatic nitrogens is 4. The van der Waals surface area contributed by atoms with Gasteiger partial charge >= 0.3 is 17.1 Å². The Morgan fingerprint density at radius 2 is 1.25 bits per heavy atom. The van der Waals surface area contributed by atoms with Crippen LogP contribution in [0, 0.1) is 0 Å². The number of carbonyl (C=O) groups excluding carboxylic acids is 2. The van der Waals surface area contributed by atoms with Crippen molar-refractivity contribution in [1.29, 1.82) is 0 Å². The summed E-state index contributed by atoms with van der Waals surface area (Å²) in [6, 6.07) is 12.1. The first-order valence-corrected chi connectivity index (χ1v) is 17.0. The Bertz CT molecular complexity index is 2270. The van der Waals surface area contributed by atoms with E-state index in [0.717, 1.165) is 37.1 Å². The van der Waals surface area contributed by atoms with Crippen molar-refractivity contribution < 1.29 is 34.0 Å². The van der Waals surface area contributed by atoms with Gasteiger partial charge in [-0.05, 0) is 48.4 Å². The Balaban J connectivity index is 0.000000187. The van der Waals surface area contributed by atoms with Crippen molar-refractivity contribution in [2.24, 2.45) is 0 Å². The number of ether oxygens (including phenoxy) is 3. The summed E-state index contributed by atoms with van der Waals surface area (Å²) < 4.78 is 17.6. The molecule has 52 heavy (non-hydrogen) atoms. The number of hydrogen-bond donors (Lipinski definition) is 2. The van der Waals surface area contributed by atoms with Gasteiger partial charge in [0.1, 0.15) is 11.3 Å². The molecule has 272 valence electrons. The van der Waals surface area contributed by atoms with Crippen molar-refractivity contribution in [1.82, 2.24) is 18.8 Å². The summed E-state index contributed by atoms with van der Waals surface area (Å²) in [5.74, 6) is -2.64. The molecule has 6 heterocycles. The summed E-state index contributed by atoms with van der Waals surface area (Å²) >= 11 is 11.9. The van der Waals surface area contributed by atoms with Crippen molar-refractivity contribution >= 4 is 57.6 Å². The molecule has 2 aliphatic heterocycles. The largest absolute Gasteiger partial charge is 0.501 e. The monoisotopic (exact) mass is 752 g/mol. The van der Waals surface area contributed by atoms with Gasteiger partial charge in [0, 0.05) is 45.0 Å². The van der Waals surface area contributed by atoms with Gasteiger partial charge < -0.3 is 34.2 Å². The number of anilines is 2. The van der Waals surface area contributed by atoms with E-state index >= 15 is 0 Å². The summed E-state index contributed by atoms with van der Waals surface area (Å²) in [4.78, 5) is 61.5. The number of rotatable bonds is 7. The molecule has 0 unspecified atom stereocenters. The molecule has 5 aromatic rings. The van der Waals surface area contributed by atoms with E-state index in [2.05, 4.69) is 24.5 Å². The number of aromatic hydroxyl groups is 2. The molecule has 4 aromatic heterocycles. The van der Waals surface area contributed by atoms with Crippen LogP contribution in [0.2, 0.25) is 10.0 Å². The lowest BCUT2D eigenvalue weighted by molar-refractivity contribution is 0.0590. The quantitative estimate of drug-likeness (QED) is 0.183. The molecule has 0 amide bonds. The van der Waals surface area contributed by atoms with Gasteiger partial charge in [-0.15, -0.1) is 0 Å². The Morgan fingerprint density at radius 1 is 0.750 bits per heavy atom. The zero-order chi connectivity index (χ0) is 36.9. The van der Waals surface area contributed by atoms with Gasteiger partial charge in [-0.1, -0.05) is 29.3 Å². The van der Waals surface area contributed by atoms with Gasteiger partial charge in [0.05, 0.1) is 55.0 Å². The lowest BCUT2D eigenvalue weighted by Gasteiger charge is -2.28. The van der Waals surface area contributed by atoms with E-state index in [1.54, 1.807) is 42.7 Å². The number of nitrogens with zero attached hydrogens (tertiary/aromatic N) is 6. The van der Waals surface area contributed by atoms with E-state index in [-0.39, 0.29) is 23.5 Å². The second kappa shape index (κ2) is 16.0. The molecule has 2 N–H and O–H groups in total. The molecule has 0 atom stereocenters. The van der Waals surface area contributed by atoms with Crippen molar-refractivity contribution in [2.75, 3.05) is 69.5 Å². The minimum atomic E-state index is -0.852. The summed E-state index contributed by atoms with van der Waals surface area (Å²) in [6.45, 7) is 5.34. The average molecular weight is 754 g/mol. The minimum absolute atomic E-state index is 0.0694. The van der Waals surface area contributed by atoms with Crippen LogP contribution in [0.1, 0.15) is 33.0 Å². The molecule has 0 bridgehead atoms. The smallest absolute Gasteiger partial charge is 0.360 e. The molecule has 7 rings (SSSR count). The fourth-order valence-electron chi connectivity index (χ4n) is 5.76. The Hall–Kier alpha value is -5.22. The number of aryl methyl sites for hydroxylation is 1. The molecule has 2 aliphatic rings. The minimum Gasteiger partial charge on any atom is -0.501 e. The second-order valence-corrected chi connectivity index (χ2v) is 12.6. The van der Waals surface area contributed by atoms with Crippen molar-refractivity contribution in [3.8, 4) is 11.5 Å². The van der Waals surface area contributed by atoms with Gasteiger partial charge in [0.25, 0.3) is 0 Å². The van der Waals surface area contributed by atoms with Crippen molar-refractivity contribution in [3.05, 3.63) is 103 Å². The predicted octanol–water partition coefficient (Wildman–Crippen LogP) is 3.38. The van der Waals surface area contributed by atoms with Gasteiger partial charge in [-0.2, -0.15) is 0 Å². The predicted molar refractivity (Wildman–Crippen MR) is 193 cm³/mol. The molecule has 2 fully saturated rings. The van der Waals surface area contributed by atoms with Crippen LogP contribution in [0.3, 0.4) is 0 Å². The van der Waals surface area contributed by atoms with Crippen LogP contribution < -0.4 is 20.9 Å². The molecular weight excluding hydrogens is 719 g/mol. The zero-order valence-electron chi connectivity index (χ0n) is 28.0. The molecule has 0 saturated carbocycles. The topological polar surface area (TPSA) is 178 Å². The van der Waals surface area contributed by atoms with E-state index in [4.69, 9.17) is 32.7 Å². The number of fused-ring (bicyclic) bond motifs is 2. The maximum absolute atomic E-state index is 12.7. The SMILES string of the molecule is COC(=O)c1nc2ccc(N3CCOCC3)cn2c(=O)c1O.O=C(CCc1ccc(Cl)c(Cl)c1)c1nc2ccc(N3CCOCC3)cn2c(=O)c1O.